The quantitative estimate of drug-likeness (QED) is 0.843. The molecule has 0 heterocycles. The van der Waals surface area contributed by atoms with Gasteiger partial charge >= 0.3 is 0 Å². The normalized spacial score (nSPS) is 22.6. The van der Waals surface area contributed by atoms with Crippen molar-refractivity contribution in [1.29, 1.82) is 0 Å². The van der Waals surface area contributed by atoms with Crippen LogP contribution in [0.15, 0.2) is 23.1 Å². The summed E-state index contributed by atoms with van der Waals surface area (Å²) in [6.45, 7) is 4.13. The number of anilines is 1. The Morgan fingerprint density at radius 3 is 2.65 bits per heavy atom. The van der Waals surface area contributed by atoms with Gasteiger partial charge in [0.25, 0.3) is 0 Å². The highest BCUT2D eigenvalue weighted by molar-refractivity contribution is 7.89. The fraction of sp³-hybridized carbons (Fsp3) is 0.571. The van der Waals surface area contributed by atoms with Crippen LogP contribution in [0.3, 0.4) is 0 Å². The maximum atomic E-state index is 13.0. The molecule has 0 aromatic heterocycles. The van der Waals surface area contributed by atoms with Gasteiger partial charge in [0.2, 0.25) is 10.0 Å². The molecule has 0 saturated heterocycles. The highest BCUT2D eigenvalue weighted by atomic mass is 32.2. The number of nitrogens with two attached hydrogens (primary N) is 1. The van der Waals surface area contributed by atoms with Crippen LogP contribution in [0.5, 0.6) is 0 Å². The van der Waals surface area contributed by atoms with Crippen molar-refractivity contribution in [2.24, 2.45) is 5.41 Å². The topological polar surface area (TPSA) is 72.2 Å². The monoisotopic (exact) mass is 300 g/mol. The summed E-state index contributed by atoms with van der Waals surface area (Å²) in [5.74, 6) is -0.542. The molecule has 0 bridgehead atoms. The summed E-state index contributed by atoms with van der Waals surface area (Å²) in [7, 11) is -3.72. The third-order valence-electron chi connectivity index (χ3n) is 4.07. The fourth-order valence-corrected chi connectivity index (χ4v) is 4.28. The van der Waals surface area contributed by atoms with Gasteiger partial charge in [-0.25, -0.2) is 17.5 Å². The predicted octanol–water partition coefficient (Wildman–Crippen LogP) is 2.66. The van der Waals surface area contributed by atoms with Gasteiger partial charge in [-0.05, 0) is 36.5 Å². The zero-order valence-electron chi connectivity index (χ0n) is 11.8. The molecule has 1 aromatic carbocycles. The number of benzene rings is 1. The number of halogens is 1. The lowest BCUT2D eigenvalue weighted by molar-refractivity contribution is 0.188. The van der Waals surface area contributed by atoms with Gasteiger partial charge in [0.05, 0.1) is 5.69 Å². The number of hydrogen-bond acceptors (Lipinski definition) is 3. The predicted molar refractivity (Wildman–Crippen MR) is 77.2 cm³/mol. The molecule has 1 fully saturated rings. The molecule has 0 aliphatic heterocycles. The minimum absolute atomic E-state index is 0.0553. The molecule has 1 atom stereocenters. The second-order valence-electron chi connectivity index (χ2n) is 6.09. The number of sulfonamides is 1. The molecule has 1 aliphatic rings. The van der Waals surface area contributed by atoms with Crippen molar-refractivity contribution in [3.63, 3.8) is 0 Å². The van der Waals surface area contributed by atoms with Gasteiger partial charge in [0.1, 0.15) is 10.7 Å². The summed E-state index contributed by atoms with van der Waals surface area (Å²) in [6, 6.07) is 3.23. The second kappa shape index (κ2) is 5.33. The molecule has 0 radical (unpaired) electrons. The summed E-state index contributed by atoms with van der Waals surface area (Å²) in [5.41, 5.74) is 5.47. The molecule has 6 heteroatoms. The van der Waals surface area contributed by atoms with Gasteiger partial charge in [-0.3, -0.25) is 0 Å². The van der Waals surface area contributed by atoms with E-state index in [-0.39, 0.29) is 22.0 Å². The van der Waals surface area contributed by atoms with Crippen molar-refractivity contribution in [3.05, 3.63) is 24.0 Å². The molecule has 3 N–H and O–H groups in total. The van der Waals surface area contributed by atoms with Gasteiger partial charge in [0, 0.05) is 6.04 Å². The van der Waals surface area contributed by atoms with Crippen molar-refractivity contribution in [2.75, 3.05) is 5.73 Å². The molecule has 0 amide bonds. The van der Waals surface area contributed by atoms with Crippen LogP contribution in [-0.4, -0.2) is 14.5 Å². The SMILES string of the molecule is CC1(C)CCCCC1NS(=O)(=O)c1ccc(F)cc1N. The molecule has 0 spiro atoms. The second-order valence-corrected chi connectivity index (χ2v) is 7.77. The summed E-state index contributed by atoms with van der Waals surface area (Å²) < 4.78 is 40.6. The molecule has 2 rings (SSSR count). The van der Waals surface area contributed by atoms with Crippen LogP contribution in [0.2, 0.25) is 0 Å². The number of rotatable bonds is 3. The van der Waals surface area contributed by atoms with Crippen LogP contribution >= 0.6 is 0 Å². The van der Waals surface area contributed by atoms with E-state index in [1.54, 1.807) is 0 Å². The van der Waals surface area contributed by atoms with Crippen LogP contribution in [0.1, 0.15) is 39.5 Å². The van der Waals surface area contributed by atoms with E-state index in [1.165, 1.54) is 6.07 Å². The molecule has 1 unspecified atom stereocenters. The Hall–Kier alpha value is -1.14. The molecule has 1 aliphatic carbocycles. The lowest BCUT2D eigenvalue weighted by atomic mass is 9.74. The Morgan fingerprint density at radius 1 is 1.35 bits per heavy atom. The molecule has 1 saturated carbocycles. The summed E-state index contributed by atoms with van der Waals surface area (Å²) in [5, 5.41) is 0. The maximum absolute atomic E-state index is 13.0. The first-order valence-corrected chi connectivity index (χ1v) is 8.28. The molecular formula is C14H21FN2O2S. The smallest absolute Gasteiger partial charge is 0.242 e. The minimum atomic E-state index is -3.72. The van der Waals surface area contributed by atoms with Crippen molar-refractivity contribution in [3.8, 4) is 0 Å². The standard InChI is InChI=1S/C14H21FN2O2S/c1-14(2)8-4-3-5-13(14)17-20(18,19)12-7-6-10(15)9-11(12)16/h6-7,9,13,17H,3-5,8,16H2,1-2H3. The van der Waals surface area contributed by atoms with Crippen LogP contribution in [0.25, 0.3) is 0 Å². The largest absolute Gasteiger partial charge is 0.398 e. The average Bonchev–Trinajstić information content (AvgIpc) is 2.31. The highest BCUT2D eigenvalue weighted by Crippen LogP contribution is 2.36. The van der Waals surface area contributed by atoms with Crippen LogP contribution in [0.4, 0.5) is 10.1 Å². The molecule has 20 heavy (non-hydrogen) atoms. The van der Waals surface area contributed by atoms with Gasteiger partial charge in [-0.1, -0.05) is 26.7 Å². The van der Waals surface area contributed by atoms with E-state index < -0.39 is 15.8 Å². The third-order valence-corrected chi connectivity index (χ3v) is 5.61. The van der Waals surface area contributed by atoms with E-state index in [0.29, 0.717) is 0 Å². The Morgan fingerprint density at radius 2 is 2.05 bits per heavy atom. The first-order chi connectivity index (χ1) is 9.22. The highest BCUT2D eigenvalue weighted by Gasteiger charge is 2.35. The number of nitrogen functional groups attached to an aromatic ring is 1. The Labute approximate surface area is 119 Å². The molecule has 112 valence electrons. The van der Waals surface area contributed by atoms with Crippen LogP contribution in [0, 0.1) is 11.2 Å². The van der Waals surface area contributed by atoms with Crippen LogP contribution < -0.4 is 10.5 Å². The van der Waals surface area contributed by atoms with E-state index in [0.717, 1.165) is 37.8 Å². The molecule has 1 aromatic rings. The molecule has 4 nitrogen and oxygen atoms in total. The summed E-state index contributed by atoms with van der Waals surface area (Å²) >= 11 is 0. The van der Waals surface area contributed by atoms with Gasteiger partial charge in [-0.15, -0.1) is 0 Å². The zero-order chi connectivity index (χ0) is 15.0. The van der Waals surface area contributed by atoms with E-state index in [9.17, 15) is 12.8 Å². The van der Waals surface area contributed by atoms with Crippen molar-refractivity contribution in [1.82, 2.24) is 4.72 Å². The Bertz CT molecular complexity index is 599. The summed E-state index contributed by atoms with van der Waals surface area (Å²) in [4.78, 5) is -0.0553. The Kier molecular flexibility index (Phi) is 4.07. The van der Waals surface area contributed by atoms with Crippen molar-refractivity contribution in [2.45, 2.75) is 50.5 Å². The number of hydrogen-bond donors (Lipinski definition) is 2. The fourth-order valence-electron chi connectivity index (χ4n) is 2.73. The van der Waals surface area contributed by atoms with E-state index >= 15 is 0 Å². The van der Waals surface area contributed by atoms with Gasteiger partial charge in [0.15, 0.2) is 0 Å². The lowest BCUT2D eigenvalue weighted by Crippen LogP contribution is -2.46. The van der Waals surface area contributed by atoms with E-state index in [4.69, 9.17) is 5.73 Å². The van der Waals surface area contributed by atoms with Crippen LogP contribution in [-0.2, 0) is 10.0 Å². The Balaban J connectivity index is 2.27. The third kappa shape index (κ3) is 3.12. The van der Waals surface area contributed by atoms with Crippen molar-refractivity contribution < 1.29 is 12.8 Å². The van der Waals surface area contributed by atoms with E-state index in [2.05, 4.69) is 18.6 Å². The number of nitrogens with one attached hydrogen (secondary N) is 1. The van der Waals surface area contributed by atoms with Gasteiger partial charge < -0.3 is 5.73 Å². The van der Waals surface area contributed by atoms with Gasteiger partial charge in [-0.2, -0.15) is 0 Å². The van der Waals surface area contributed by atoms with Crippen molar-refractivity contribution >= 4 is 15.7 Å². The lowest BCUT2D eigenvalue weighted by Gasteiger charge is -2.38. The maximum Gasteiger partial charge on any atom is 0.242 e. The minimum Gasteiger partial charge on any atom is -0.398 e. The average molecular weight is 300 g/mol. The summed E-state index contributed by atoms with van der Waals surface area (Å²) in [6.07, 6.45) is 3.92. The van der Waals surface area contributed by atoms with E-state index in [1.807, 2.05) is 0 Å². The first kappa shape index (κ1) is 15.3. The first-order valence-electron chi connectivity index (χ1n) is 6.80. The zero-order valence-corrected chi connectivity index (χ0v) is 12.6. The molecular weight excluding hydrogens is 279 g/mol.